The van der Waals surface area contributed by atoms with Crippen molar-refractivity contribution >= 4 is 5.69 Å². The van der Waals surface area contributed by atoms with Gasteiger partial charge in [-0.1, -0.05) is 60.7 Å². The molecule has 1 atom stereocenters. The van der Waals surface area contributed by atoms with Crippen LogP contribution in [0.3, 0.4) is 0 Å². The van der Waals surface area contributed by atoms with Gasteiger partial charge < -0.3 is 9.64 Å². The number of piperazine rings is 1. The van der Waals surface area contributed by atoms with Crippen LogP contribution in [0, 0.1) is 0 Å². The van der Waals surface area contributed by atoms with E-state index >= 15 is 0 Å². The van der Waals surface area contributed by atoms with Crippen LogP contribution in [-0.2, 0) is 6.54 Å². The number of tetrazole rings is 1. The highest BCUT2D eigenvalue weighted by Gasteiger charge is 2.30. The van der Waals surface area contributed by atoms with E-state index in [9.17, 15) is 0 Å². The Morgan fingerprint density at radius 2 is 1.50 bits per heavy atom. The molecule has 1 fully saturated rings. The van der Waals surface area contributed by atoms with Crippen molar-refractivity contribution in [3.63, 3.8) is 0 Å². The predicted molar refractivity (Wildman–Crippen MR) is 133 cm³/mol. The second-order valence-corrected chi connectivity index (χ2v) is 8.44. The predicted octanol–water partition coefficient (Wildman–Crippen LogP) is 4.03. The lowest BCUT2D eigenvalue weighted by atomic mass is 10.0. The summed E-state index contributed by atoms with van der Waals surface area (Å²) < 4.78 is 7.61. The van der Waals surface area contributed by atoms with Crippen LogP contribution in [0.15, 0.2) is 84.9 Å². The number of hydrogen-bond donors (Lipinski definition) is 0. The Morgan fingerprint density at radius 1 is 0.824 bits per heavy atom. The van der Waals surface area contributed by atoms with Crippen molar-refractivity contribution in [3.05, 3.63) is 102 Å². The van der Waals surface area contributed by atoms with E-state index in [4.69, 9.17) is 4.74 Å². The maximum Gasteiger partial charge on any atom is 0.173 e. The van der Waals surface area contributed by atoms with Crippen LogP contribution in [0.5, 0.6) is 5.75 Å². The molecule has 3 aromatic carbocycles. The van der Waals surface area contributed by atoms with Gasteiger partial charge in [-0.25, -0.2) is 4.68 Å². The van der Waals surface area contributed by atoms with Crippen molar-refractivity contribution in [2.75, 3.05) is 37.7 Å². The number of benzene rings is 3. The maximum absolute atomic E-state index is 5.68. The quantitative estimate of drug-likeness (QED) is 0.401. The van der Waals surface area contributed by atoms with E-state index in [2.05, 4.69) is 79.9 Å². The third kappa shape index (κ3) is 4.94. The summed E-state index contributed by atoms with van der Waals surface area (Å²) in [7, 11) is 0. The molecule has 1 saturated heterocycles. The zero-order valence-electron chi connectivity index (χ0n) is 19.5. The van der Waals surface area contributed by atoms with Crippen molar-refractivity contribution in [2.24, 2.45) is 0 Å². The third-order valence-electron chi connectivity index (χ3n) is 6.29. The molecule has 1 aliphatic heterocycles. The van der Waals surface area contributed by atoms with Gasteiger partial charge in [0.2, 0.25) is 0 Å². The summed E-state index contributed by atoms with van der Waals surface area (Å²) in [6.45, 7) is 7.05. The van der Waals surface area contributed by atoms with Crippen molar-refractivity contribution in [3.8, 4) is 5.75 Å². The van der Waals surface area contributed by atoms with Gasteiger partial charge in [-0.15, -0.1) is 5.10 Å². The Bertz CT molecular complexity index is 1150. The molecule has 1 aliphatic rings. The first-order chi connectivity index (χ1) is 16.8. The van der Waals surface area contributed by atoms with E-state index in [1.165, 1.54) is 16.8 Å². The minimum atomic E-state index is -0.0349. The van der Waals surface area contributed by atoms with Gasteiger partial charge in [0.05, 0.1) is 19.2 Å². The van der Waals surface area contributed by atoms with Crippen LogP contribution in [0.4, 0.5) is 5.69 Å². The van der Waals surface area contributed by atoms with Gasteiger partial charge in [-0.2, -0.15) is 0 Å². The molecule has 2 heterocycles. The van der Waals surface area contributed by atoms with Crippen LogP contribution >= 0.6 is 0 Å². The molecule has 0 aliphatic carbocycles. The molecule has 7 nitrogen and oxygen atoms in total. The van der Waals surface area contributed by atoms with Gasteiger partial charge in [0.1, 0.15) is 5.75 Å². The molecule has 0 bridgehead atoms. The Hall–Kier alpha value is -3.71. The summed E-state index contributed by atoms with van der Waals surface area (Å²) in [4.78, 5) is 4.93. The summed E-state index contributed by atoms with van der Waals surface area (Å²) in [5.74, 6) is 1.74. The van der Waals surface area contributed by atoms with Crippen LogP contribution in [-0.4, -0.2) is 57.9 Å². The first-order valence-electron chi connectivity index (χ1n) is 11.9. The van der Waals surface area contributed by atoms with E-state index < -0.39 is 0 Å². The van der Waals surface area contributed by atoms with E-state index in [1.54, 1.807) is 0 Å². The van der Waals surface area contributed by atoms with Gasteiger partial charge in [0.15, 0.2) is 5.82 Å². The summed E-state index contributed by atoms with van der Waals surface area (Å²) in [6, 6.07) is 29.3. The fraction of sp³-hybridized carbons (Fsp3) is 0.296. The lowest BCUT2D eigenvalue weighted by Crippen LogP contribution is -2.48. The zero-order chi connectivity index (χ0) is 23.2. The highest BCUT2D eigenvalue weighted by molar-refractivity contribution is 5.46. The zero-order valence-corrected chi connectivity index (χ0v) is 19.5. The lowest BCUT2D eigenvalue weighted by molar-refractivity contribution is 0.201. The van der Waals surface area contributed by atoms with Gasteiger partial charge in [0, 0.05) is 31.9 Å². The molecule has 5 rings (SSSR count). The normalized spacial score (nSPS) is 15.3. The number of anilines is 1. The molecular weight excluding hydrogens is 424 g/mol. The first-order valence-corrected chi connectivity index (χ1v) is 11.9. The minimum Gasteiger partial charge on any atom is -0.494 e. The van der Waals surface area contributed by atoms with E-state index in [0.717, 1.165) is 37.8 Å². The standard InChI is InChI=1S/C27H30N6O/c1-2-34-25-15-13-23(14-16-25)26(27-28-29-30-33(27)21-22-9-5-3-6-10-22)32-19-17-31(18-20-32)24-11-7-4-8-12-24/h3-16,26H,2,17-21H2,1H3/t26-/m1/s1. The molecule has 0 radical (unpaired) electrons. The second kappa shape index (κ2) is 10.5. The van der Waals surface area contributed by atoms with Crippen molar-refractivity contribution in [1.82, 2.24) is 25.1 Å². The number of rotatable bonds is 8. The van der Waals surface area contributed by atoms with Crippen molar-refractivity contribution in [1.29, 1.82) is 0 Å². The number of ether oxygens (including phenoxy) is 1. The molecule has 0 amide bonds. The molecule has 0 unspecified atom stereocenters. The molecule has 0 N–H and O–H groups in total. The van der Waals surface area contributed by atoms with E-state index in [-0.39, 0.29) is 6.04 Å². The summed E-state index contributed by atoms with van der Waals surface area (Å²) in [5, 5.41) is 12.9. The van der Waals surface area contributed by atoms with Crippen LogP contribution in [0.1, 0.15) is 29.9 Å². The monoisotopic (exact) mass is 454 g/mol. The Labute approximate surface area is 200 Å². The van der Waals surface area contributed by atoms with Gasteiger partial charge in [-0.3, -0.25) is 4.90 Å². The maximum atomic E-state index is 5.68. The summed E-state index contributed by atoms with van der Waals surface area (Å²) >= 11 is 0. The van der Waals surface area contributed by atoms with Crippen molar-refractivity contribution in [2.45, 2.75) is 19.5 Å². The first kappa shape index (κ1) is 22.1. The number of para-hydroxylation sites is 1. The number of aromatic nitrogens is 4. The smallest absolute Gasteiger partial charge is 0.173 e. The molecule has 4 aromatic rings. The summed E-state index contributed by atoms with van der Waals surface area (Å²) in [5.41, 5.74) is 3.62. The number of nitrogens with zero attached hydrogens (tertiary/aromatic N) is 6. The average molecular weight is 455 g/mol. The molecule has 174 valence electrons. The molecular formula is C27H30N6O. The van der Waals surface area contributed by atoms with E-state index in [0.29, 0.717) is 13.2 Å². The summed E-state index contributed by atoms with van der Waals surface area (Å²) in [6.07, 6.45) is 0. The van der Waals surface area contributed by atoms with E-state index in [1.807, 2.05) is 41.9 Å². The average Bonchev–Trinajstić information content (AvgIpc) is 3.34. The molecule has 0 spiro atoms. The van der Waals surface area contributed by atoms with Gasteiger partial charge >= 0.3 is 0 Å². The fourth-order valence-electron chi connectivity index (χ4n) is 4.59. The highest BCUT2D eigenvalue weighted by Crippen LogP contribution is 2.30. The van der Waals surface area contributed by atoms with Crippen LogP contribution < -0.4 is 9.64 Å². The van der Waals surface area contributed by atoms with Crippen LogP contribution in [0.25, 0.3) is 0 Å². The SMILES string of the molecule is CCOc1ccc([C@H](c2nnnn2Cc2ccccc2)N2CCN(c3ccccc3)CC2)cc1. The molecule has 1 aromatic heterocycles. The fourth-order valence-corrected chi connectivity index (χ4v) is 4.59. The number of hydrogen-bond acceptors (Lipinski definition) is 6. The Morgan fingerprint density at radius 3 is 2.18 bits per heavy atom. The van der Waals surface area contributed by atoms with Crippen LogP contribution in [0.2, 0.25) is 0 Å². The molecule has 7 heteroatoms. The largest absolute Gasteiger partial charge is 0.494 e. The van der Waals surface area contributed by atoms with Crippen molar-refractivity contribution < 1.29 is 4.74 Å². The highest BCUT2D eigenvalue weighted by atomic mass is 16.5. The second-order valence-electron chi connectivity index (χ2n) is 8.44. The molecule has 34 heavy (non-hydrogen) atoms. The molecule has 0 saturated carbocycles. The topological polar surface area (TPSA) is 59.3 Å². The van der Waals surface area contributed by atoms with Gasteiger partial charge in [-0.05, 0) is 52.7 Å². The lowest BCUT2D eigenvalue weighted by Gasteiger charge is -2.40. The van der Waals surface area contributed by atoms with Gasteiger partial charge in [0.25, 0.3) is 0 Å². The third-order valence-corrected chi connectivity index (χ3v) is 6.29. The Kier molecular flexibility index (Phi) is 6.81. The minimum absolute atomic E-state index is 0.0349. The Balaban J connectivity index is 1.43.